The fourth-order valence-corrected chi connectivity index (χ4v) is 2.89. The van der Waals surface area contributed by atoms with E-state index < -0.39 is 0 Å². The molecule has 0 aliphatic carbocycles. The van der Waals surface area contributed by atoms with Gasteiger partial charge in [0.15, 0.2) is 0 Å². The lowest BCUT2D eigenvalue weighted by atomic mass is 9.75. The van der Waals surface area contributed by atoms with E-state index in [9.17, 15) is 4.79 Å². The molecule has 1 aromatic carbocycles. The van der Waals surface area contributed by atoms with Gasteiger partial charge < -0.3 is 10.3 Å². The number of rotatable bonds is 6. The van der Waals surface area contributed by atoms with Crippen molar-refractivity contribution in [1.82, 2.24) is 15.3 Å². The summed E-state index contributed by atoms with van der Waals surface area (Å²) in [6.07, 6.45) is 1.78. The van der Waals surface area contributed by atoms with Crippen LogP contribution in [0.15, 0.2) is 41.2 Å². The summed E-state index contributed by atoms with van der Waals surface area (Å²) in [5, 5.41) is 3.05. The van der Waals surface area contributed by atoms with Gasteiger partial charge in [-0.25, -0.2) is 4.98 Å². The van der Waals surface area contributed by atoms with Crippen molar-refractivity contribution in [2.24, 2.45) is 0 Å². The molecule has 0 saturated carbocycles. The van der Waals surface area contributed by atoms with Crippen molar-refractivity contribution in [3.8, 4) is 0 Å². The summed E-state index contributed by atoms with van der Waals surface area (Å²) >= 11 is 0. The first-order chi connectivity index (χ1) is 10.2. The monoisotopic (exact) mass is 285 g/mol. The molecule has 21 heavy (non-hydrogen) atoms. The van der Waals surface area contributed by atoms with E-state index in [0.29, 0.717) is 6.54 Å². The lowest BCUT2D eigenvalue weighted by molar-refractivity contribution is 0.445. The number of nitrogens with zero attached hydrogens (tertiary/aromatic N) is 1. The second-order valence-electron chi connectivity index (χ2n) is 5.27. The highest BCUT2D eigenvalue weighted by Gasteiger charge is 2.33. The van der Waals surface area contributed by atoms with Gasteiger partial charge in [0.25, 0.3) is 5.56 Å². The molecule has 2 aromatic rings. The standard InChI is InChI=1S/C17H23N3O/c1-4-17(5-2,13-9-7-6-8-10-13)16-19-14(12-18-3)11-15(21)20-16/h6-11,18H,4-5,12H2,1-3H3,(H,19,20,21). The summed E-state index contributed by atoms with van der Waals surface area (Å²) in [5.41, 5.74) is 1.63. The zero-order chi connectivity index (χ0) is 15.3. The van der Waals surface area contributed by atoms with Crippen molar-refractivity contribution in [2.75, 3.05) is 7.05 Å². The Balaban J connectivity index is 2.60. The third kappa shape index (κ3) is 3.05. The molecular weight excluding hydrogens is 262 g/mol. The summed E-state index contributed by atoms with van der Waals surface area (Å²) in [5.74, 6) is 0.761. The first-order valence-electron chi connectivity index (χ1n) is 7.47. The fourth-order valence-electron chi connectivity index (χ4n) is 2.89. The van der Waals surface area contributed by atoms with Crippen LogP contribution in [0.2, 0.25) is 0 Å². The molecule has 0 radical (unpaired) electrons. The molecular formula is C17H23N3O. The van der Waals surface area contributed by atoms with E-state index >= 15 is 0 Å². The van der Waals surface area contributed by atoms with E-state index in [0.717, 1.165) is 24.4 Å². The summed E-state index contributed by atoms with van der Waals surface area (Å²) in [6, 6.07) is 11.8. The van der Waals surface area contributed by atoms with Gasteiger partial charge in [-0.2, -0.15) is 0 Å². The Bertz CT molecular complexity index is 630. The number of hydrogen-bond acceptors (Lipinski definition) is 3. The van der Waals surface area contributed by atoms with E-state index in [4.69, 9.17) is 4.98 Å². The highest BCUT2D eigenvalue weighted by Crippen LogP contribution is 2.36. The number of benzene rings is 1. The van der Waals surface area contributed by atoms with Crippen molar-refractivity contribution in [3.05, 3.63) is 63.8 Å². The highest BCUT2D eigenvalue weighted by atomic mass is 16.1. The molecule has 1 heterocycles. The minimum Gasteiger partial charge on any atom is -0.314 e. The lowest BCUT2D eigenvalue weighted by Crippen LogP contribution is -2.32. The Kier molecular flexibility index (Phi) is 4.91. The molecule has 0 atom stereocenters. The van der Waals surface area contributed by atoms with E-state index in [2.05, 4.69) is 36.3 Å². The summed E-state index contributed by atoms with van der Waals surface area (Å²) in [4.78, 5) is 19.6. The largest absolute Gasteiger partial charge is 0.314 e. The molecule has 0 unspecified atom stereocenters. The van der Waals surface area contributed by atoms with Crippen LogP contribution in [0, 0.1) is 0 Å². The second kappa shape index (κ2) is 6.68. The quantitative estimate of drug-likeness (QED) is 0.857. The molecule has 2 N–H and O–H groups in total. The average molecular weight is 285 g/mol. The van der Waals surface area contributed by atoms with Crippen LogP contribution in [0.4, 0.5) is 0 Å². The molecule has 112 valence electrons. The predicted octanol–water partition coefficient (Wildman–Crippen LogP) is 2.60. The van der Waals surface area contributed by atoms with Crippen LogP contribution in [0.5, 0.6) is 0 Å². The molecule has 0 amide bonds. The maximum Gasteiger partial charge on any atom is 0.251 e. The smallest absolute Gasteiger partial charge is 0.251 e. The minimum atomic E-state index is -0.246. The molecule has 2 rings (SSSR count). The van der Waals surface area contributed by atoms with Gasteiger partial charge in [0, 0.05) is 12.6 Å². The van der Waals surface area contributed by atoms with Crippen LogP contribution >= 0.6 is 0 Å². The van der Waals surface area contributed by atoms with Gasteiger partial charge >= 0.3 is 0 Å². The third-order valence-corrected chi connectivity index (χ3v) is 4.14. The molecule has 4 nitrogen and oxygen atoms in total. The number of aromatic amines is 1. The Morgan fingerprint density at radius 2 is 1.86 bits per heavy atom. The van der Waals surface area contributed by atoms with Gasteiger partial charge in [-0.3, -0.25) is 4.79 Å². The van der Waals surface area contributed by atoms with Crippen molar-refractivity contribution in [1.29, 1.82) is 0 Å². The number of nitrogens with one attached hydrogen (secondary N) is 2. The first kappa shape index (κ1) is 15.4. The van der Waals surface area contributed by atoms with Crippen LogP contribution in [-0.2, 0) is 12.0 Å². The minimum absolute atomic E-state index is 0.0903. The Hall–Kier alpha value is -1.94. The summed E-state index contributed by atoms with van der Waals surface area (Å²) in [6.45, 7) is 4.87. The predicted molar refractivity (Wildman–Crippen MR) is 85.4 cm³/mol. The third-order valence-electron chi connectivity index (χ3n) is 4.14. The van der Waals surface area contributed by atoms with Gasteiger partial charge in [-0.05, 0) is 25.5 Å². The van der Waals surface area contributed by atoms with Gasteiger partial charge in [0.2, 0.25) is 0 Å². The maximum absolute atomic E-state index is 12.0. The molecule has 0 bridgehead atoms. The fraction of sp³-hybridized carbons (Fsp3) is 0.412. The second-order valence-corrected chi connectivity index (χ2v) is 5.27. The van der Waals surface area contributed by atoms with E-state index in [1.807, 2.05) is 25.2 Å². The molecule has 1 aromatic heterocycles. The summed E-state index contributed by atoms with van der Waals surface area (Å²) < 4.78 is 0. The SMILES string of the molecule is CCC(CC)(c1ccccc1)c1nc(CNC)cc(=O)[nH]1. The Labute approximate surface area is 125 Å². The maximum atomic E-state index is 12.0. The average Bonchev–Trinajstić information content (AvgIpc) is 2.50. The zero-order valence-electron chi connectivity index (χ0n) is 12.9. The lowest BCUT2D eigenvalue weighted by Gasteiger charge is -2.31. The van der Waals surface area contributed by atoms with Crippen LogP contribution in [0.1, 0.15) is 43.8 Å². The molecule has 0 aliphatic heterocycles. The van der Waals surface area contributed by atoms with E-state index in [1.165, 1.54) is 5.56 Å². The van der Waals surface area contributed by atoms with Crippen molar-refractivity contribution in [2.45, 2.75) is 38.6 Å². The van der Waals surface area contributed by atoms with Crippen LogP contribution in [-0.4, -0.2) is 17.0 Å². The van der Waals surface area contributed by atoms with Crippen molar-refractivity contribution in [3.63, 3.8) is 0 Å². The van der Waals surface area contributed by atoms with Gasteiger partial charge in [0.1, 0.15) is 5.82 Å². The molecule has 0 aliphatic rings. The van der Waals surface area contributed by atoms with Crippen LogP contribution in [0.3, 0.4) is 0 Å². The number of H-pyrrole nitrogens is 1. The van der Waals surface area contributed by atoms with E-state index in [-0.39, 0.29) is 11.0 Å². The van der Waals surface area contributed by atoms with Crippen molar-refractivity contribution < 1.29 is 0 Å². The number of aromatic nitrogens is 2. The van der Waals surface area contributed by atoms with Crippen molar-refractivity contribution >= 4 is 0 Å². The molecule has 0 fully saturated rings. The Morgan fingerprint density at radius 3 is 2.43 bits per heavy atom. The van der Waals surface area contributed by atoms with Gasteiger partial charge in [-0.15, -0.1) is 0 Å². The van der Waals surface area contributed by atoms with Crippen LogP contribution in [0.25, 0.3) is 0 Å². The van der Waals surface area contributed by atoms with Crippen LogP contribution < -0.4 is 10.9 Å². The van der Waals surface area contributed by atoms with Gasteiger partial charge in [0.05, 0.1) is 11.1 Å². The molecule has 0 spiro atoms. The molecule has 4 heteroatoms. The normalized spacial score (nSPS) is 11.6. The highest BCUT2D eigenvalue weighted by molar-refractivity contribution is 5.33. The first-order valence-corrected chi connectivity index (χ1v) is 7.47. The summed E-state index contributed by atoms with van der Waals surface area (Å²) in [7, 11) is 1.85. The number of hydrogen-bond donors (Lipinski definition) is 2. The molecule has 0 saturated heterocycles. The van der Waals surface area contributed by atoms with E-state index in [1.54, 1.807) is 6.07 Å². The van der Waals surface area contributed by atoms with Gasteiger partial charge in [-0.1, -0.05) is 44.2 Å². The topological polar surface area (TPSA) is 57.8 Å². The Morgan fingerprint density at radius 1 is 1.19 bits per heavy atom. The zero-order valence-corrected chi connectivity index (χ0v) is 12.9.